The molecule has 2 aliphatic heterocycles. The van der Waals surface area contributed by atoms with Crippen molar-refractivity contribution in [1.82, 2.24) is 14.9 Å². The van der Waals surface area contributed by atoms with E-state index in [1.54, 1.807) is 20.0 Å². The topological polar surface area (TPSA) is 90.8 Å². The zero-order chi connectivity index (χ0) is 18.7. The average molecular weight is 363 g/mol. The Hall–Kier alpha value is -1.93. The first-order chi connectivity index (χ1) is 12.4. The van der Waals surface area contributed by atoms with Gasteiger partial charge in [-0.25, -0.2) is 4.98 Å². The summed E-state index contributed by atoms with van der Waals surface area (Å²) in [5.74, 6) is 0.383. The van der Waals surface area contributed by atoms with Crippen molar-refractivity contribution in [3.05, 3.63) is 11.8 Å². The van der Waals surface area contributed by atoms with E-state index in [0.717, 1.165) is 26.1 Å². The molecule has 2 aliphatic rings. The van der Waals surface area contributed by atoms with Crippen molar-refractivity contribution in [3.8, 4) is 0 Å². The number of likely N-dealkylation sites (N-methyl/N-ethyl adjacent to an activating group) is 1. The standard InChI is InChI=1S/C18H29N5O3/c1-4-22-6-5-13(12-22)20-17-19-11-14(18(2,3)16(24)25)15(21-17)23-7-9-26-10-8-23/h11,13H,4-10,12H2,1-3H3,(H,24,25)(H,19,20,21). The maximum atomic E-state index is 11.8. The molecule has 0 saturated carbocycles. The molecule has 1 aromatic heterocycles. The van der Waals surface area contributed by atoms with E-state index in [1.807, 2.05) is 0 Å². The fourth-order valence-electron chi connectivity index (χ4n) is 3.43. The van der Waals surface area contributed by atoms with Crippen LogP contribution >= 0.6 is 0 Å². The lowest BCUT2D eigenvalue weighted by molar-refractivity contribution is -0.142. The van der Waals surface area contributed by atoms with E-state index < -0.39 is 11.4 Å². The molecule has 8 nitrogen and oxygen atoms in total. The van der Waals surface area contributed by atoms with Crippen molar-refractivity contribution in [2.24, 2.45) is 0 Å². The zero-order valence-corrected chi connectivity index (χ0v) is 15.9. The lowest BCUT2D eigenvalue weighted by Gasteiger charge is -2.32. The molecular weight excluding hydrogens is 334 g/mol. The highest BCUT2D eigenvalue weighted by Gasteiger charge is 2.35. The number of aliphatic carboxylic acids is 1. The van der Waals surface area contributed by atoms with Crippen LogP contribution in [0.1, 0.15) is 32.8 Å². The number of rotatable bonds is 6. The van der Waals surface area contributed by atoms with E-state index in [4.69, 9.17) is 9.72 Å². The quantitative estimate of drug-likeness (QED) is 0.779. The summed E-state index contributed by atoms with van der Waals surface area (Å²) >= 11 is 0. The number of carbonyl (C=O) groups is 1. The lowest BCUT2D eigenvalue weighted by atomic mass is 9.85. The van der Waals surface area contributed by atoms with Gasteiger partial charge in [0.1, 0.15) is 5.82 Å². The van der Waals surface area contributed by atoms with Crippen LogP contribution in [0.5, 0.6) is 0 Å². The highest BCUT2D eigenvalue weighted by Crippen LogP contribution is 2.32. The van der Waals surface area contributed by atoms with Gasteiger partial charge in [-0.15, -0.1) is 0 Å². The second-order valence-corrected chi connectivity index (χ2v) is 7.48. The van der Waals surface area contributed by atoms with E-state index in [1.165, 1.54) is 0 Å². The smallest absolute Gasteiger partial charge is 0.313 e. The molecule has 8 heteroatoms. The lowest BCUT2D eigenvalue weighted by Crippen LogP contribution is -2.40. The van der Waals surface area contributed by atoms with Crippen LogP contribution in [-0.4, -0.2) is 77.9 Å². The first-order valence-electron chi connectivity index (χ1n) is 9.34. The van der Waals surface area contributed by atoms with Crippen LogP contribution in [0.4, 0.5) is 11.8 Å². The third-order valence-electron chi connectivity index (χ3n) is 5.34. The Morgan fingerprint density at radius 3 is 2.73 bits per heavy atom. The molecule has 2 N–H and O–H groups in total. The summed E-state index contributed by atoms with van der Waals surface area (Å²) < 4.78 is 5.43. The van der Waals surface area contributed by atoms with Crippen LogP contribution in [0.25, 0.3) is 0 Å². The maximum Gasteiger partial charge on any atom is 0.313 e. The summed E-state index contributed by atoms with van der Waals surface area (Å²) in [7, 11) is 0. The van der Waals surface area contributed by atoms with E-state index in [0.29, 0.717) is 49.7 Å². The molecule has 0 amide bonds. The van der Waals surface area contributed by atoms with Crippen LogP contribution in [0.2, 0.25) is 0 Å². The van der Waals surface area contributed by atoms with Gasteiger partial charge in [0.15, 0.2) is 0 Å². The summed E-state index contributed by atoms with van der Waals surface area (Å²) in [5, 5.41) is 13.1. The summed E-state index contributed by atoms with van der Waals surface area (Å²) in [5.41, 5.74) is -0.419. The van der Waals surface area contributed by atoms with Gasteiger partial charge in [-0.3, -0.25) is 4.79 Å². The number of likely N-dealkylation sites (tertiary alicyclic amines) is 1. The average Bonchev–Trinajstić information content (AvgIpc) is 3.09. The Morgan fingerprint density at radius 1 is 1.38 bits per heavy atom. The van der Waals surface area contributed by atoms with Gasteiger partial charge >= 0.3 is 5.97 Å². The fourth-order valence-corrected chi connectivity index (χ4v) is 3.43. The van der Waals surface area contributed by atoms with Gasteiger partial charge in [0.2, 0.25) is 5.95 Å². The molecule has 1 aromatic rings. The van der Waals surface area contributed by atoms with Gasteiger partial charge in [-0.05, 0) is 26.8 Å². The molecule has 26 heavy (non-hydrogen) atoms. The van der Waals surface area contributed by atoms with Crippen LogP contribution in [-0.2, 0) is 14.9 Å². The van der Waals surface area contributed by atoms with Crippen molar-refractivity contribution in [1.29, 1.82) is 0 Å². The van der Waals surface area contributed by atoms with Crippen molar-refractivity contribution < 1.29 is 14.6 Å². The second kappa shape index (κ2) is 7.75. The number of anilines is 2. The molecule has 0 spiro atoms. The van der Waals surface area contributed by atoms with Gasteiger partial charge in [-0.1, -0.05) is 6.92 Å². The van der Waals surface area contributed by atoms with Crippen molar-refractivity contribution in [3.63, 3.8) is 0 Å². The van der Waals surface area contributed by atoms with Crippen molar-refractivity contribution in [2.45, 2.75) is 38.6 Å². The highest BCUT2D eigenvalue weighted by molar-refractivity contribution is 5.82. The number of ether oxygens (including phenoxy) is 1. The fraction of sp³-hybridized carbons (Fsp3) is 0.722. The number of nitrogens with one attached hydrogen (secondary N) is 1. The van der Waals surface area contributed by atoms with Crippen LogP contribution in [0.3, 0.4) is 0 Å². The highest BCUT2D eigenvalue weighted by atomic mass is 16.5. The van der Waals surface area contributed by atoms with E-state index in [-0.39, 0.29) is 0 Å². The number of morpholine rings is 1. The number of carboxylic acids is 1. The van der Waals surface area contributed by atoms with Crippen molar-refractivity contribution in [2.75, 3.05) is 56.2 Å². The summed E-state index contributed by atoms with van der Waals surface area (Å²) in [6.07, 6.45) is 2.73. The van der Waals surface area contributed by atoms with Crippen LogP contribution < -0.4 is 10.2 Å². The predicted molar refractivity (Wildman–Crippen MR) is 99.9 cm³/mol. The minimum absolute atomic E-state index is 0.325. The number of aromatic nitrogens is 2. The Labute approximate surface area is 154 Å². The Balaban J connectivity index is 1.87. The Morgan fingerprint density at radius 2 is 2.12 bits per heavy atom. The largest absolute Gasteiger partial charge is 0.481 e. The van der Waals surface area contributed by atoms with Gasteiger partial charge < -0.3 is 25.0 Å². The Kier molecular flexibility index (Phi) is 5.62. The number of nitrogens with zero attached hydrogens (tertiary/aromatic N) is 4. The first kappa shape index (κ1) is 18.8. The molecule has 3 heterocycles. The molecule has 1 atom stereocenters. The monoisotopic (exact) mass is 363 g/mol. The van der Waals surface area contributed by atoms with Crippen LogP contribution in [0, 0.1) is 0 Å². The number of hydrogen-bond acceptors (Lipinski definition) is 7. The van der Waals surface area contributed by atoms with Gasteiger partial charge in [0.05, 0.1) is 18.6 Å². The molecule has 0 radical (unpaired) electrons. The van der Waals surface area contributed by atoms with E-state index in [9.17, 15) is 9.90 Å². The van der Waals surface area contributed by atoms with Crippen molar-refractivity contribution >= 4 is 17.7 Å². The minimum Gasteiger partial charge on any atom is -0.481 e. The summed E-state index contributed by atoms with van der Waals surface area (Å²) in [6, 6.07) is 0.325. The molecule has 2 saturated heterocycles. The molecule has 0 aliphatic carbocycles. The first-order valence-corrected chi connectivity index (χ1v) is 9.34. The number of carboxylic acid groups (broad SMARTS) is 1. The third kappa shape index (κ3) is 3.91. The molecule has 144 valence electrons. The second-order valence-electron chi connectivity index (χ2n) is 7.48. The predicted octanol–water partition coefficient (Wildman–Crippen LogP) is 1.18. The SMILES string of the molecule is CCN1CCC(Nc2ncc(C(C)(C)C(=O)O)c(N3CCOCC3)n2)C1. The molecule has 0 bridgehead atoms. The molecule has 3 rings (SSSR count). The zero-order valence-electron chi connectivity index (χ0n) is 15.9. The number of hydrogen-bond donors (Lipinski definition) is 2. The summed E-state index contributed by atoms with van der Waals surface area (Å²) in [6.45, 7) is 11.3. The van der Waals surface area contributed by atoms with E-state index in [2.05, 4.69) is 27.0 Å². The molecular formula is C18H29N5O3. The Bertz CT molecular complexity index is 646. The van der Waals surface area contributed by atoms with Gasteiger partial charge in [0, 0.05) is 44.0 Å². The van der Waals surface area contributed by atoms with Gasteiger partial charge in [-0.2, -0.15) is 4.98 Å². The normalized spacial score (nSPS) is 21.8. The minimum atomic E-state index is -1.06. The van der Waals surface area contributed by atoms with Crippen LogP contribution in [0.15, 0.2) is 6.20 Å². The molecule has 0 aromatic carbocycles. The maximum absolute atomic E-state index is 11.8. The van der Waals surface area contributed by atoms with Gasteiger partial charge in [0.25, 0.3) is 0 Å². The molecule has 1 unspecified atom stereocenters. The molecule has 2 fully saturated rings. The summed E-state index contributed by atoms with van der Waals surface area (Å²) in [4.78, 5) is 25.4. The van der Waals surface area contributed by atoms with E-state index >= 15 is 0 Å². The third-order valence-corrected chi connectivity index (χ3v) is 5.34.